The zero-order chi connectivity index (χ0) is 13.0. The molecule has 94 valence electrons. The maximum Gasteiger partial charge on any atom is 0.307 e. The lowest BCUT2D eigenvalue weighted by Crippen LogP contribution is -2.15. The molecule has 0 unspecified atom stereocenters. The van der Waals surface area contributed by atoms with Crippen LogP contribution in [0.2, 0.25) is 0 Å². The lowest BCUT2D eigenvalue weighted by atomic mass is 10.1. The first kappa shape index (κ1) is 12.3. The standard InChI is InChI=1S/C13H15N3O2/c1-18-13(17)7-12(14)10-8-15-16(9-10)11-5-3-2-4-6-11/h2-6,8-9,12H,7,14H2,1H3/t12-/m1/s1. The van der Waals surface area contributed by atoms with E-state index in [1.807, 2.05) is 36.5 Å². The molecule has 0 saturated heterocycles. The van der Waals surface area contributed by atoms with Crippen molar-refractivity contribution in [3.8, 4) is 5.69 Å². The van der Waals surface area contributed by atoms with E-state index in [0.717, 1.165) is 11.3 Å². The zero-order valence-electron chi connectivity index (χ0n) is 10.1. The molecule has 0 fully saturated rings. The van der Waals surface area contributed by atoms with Gasteiger partial charge in [0, 0.05) is 17.8 Å². The third kappa shape index (κ3) is 2.75. The molecule has 0 spiro atoms. The maximum absolute atomic E-state index is 11.1. The number of esters is 1. The van der Waals surface area contributed by atoms with E-state index in [9.17, 15) is 4.79 Å². The Morgan fingerprint density at radius 1 is 1.44 bits per heavy atom. The molecule has 0 saturated carbocycles. The van der Waals surface area contributed by atoms with Gasteiger partial charge >= 0.3 is 5.97 Å². The van der Waals surface area contributed by atoms with Gasteiger partial charge < -0.3 is 10.5 Å². The van der Waals surface area contributed by atoms with Gasteiger partial charge in [0.25, 0.3) is 0 Å². The highest BCUT2D eigenvalue weighted by molar-refractivity contribution is 5.70. The molecule has 0 aliphatic heterocycles. The van der Waals surface area contributed by atoms with Crippen molar-refractivity contribution in [1.82, 2.24) is 9.78 Å². The highest BCUT2D eigenvalue weighted by atomic mass is 16.5. The predicted molar refractivity (Wildman–Crippen MR) is 67.1 cm³/mol. The smallest absolute Gasteiger partial charge is 0.307 e. The highest BCUT2D eigenvalue weighted by Crippen LogP contribution is 2.15. The minimum Gasteiger partial charge on any atom is -0.469 e. The number of nitrogens with zero attached hydrogens (tertiary/aromatic N) is 2. The minimum absolute atomic E-state index is 0.150. The summed E-state index contributed by atoms with van der Waals surface area (Å²) in [4.78, 5) is 11.1. The van der Waals surface area contributed by atoms with E-state index in [0.29, 0.717) is 0 Å². The minimum atomic E-state index is -0.394. The van der Waals surface area contributed by atoms with Gasteiger partial charge in [0.05, 0.1) is 25.4 Å². The number of aromatic nitrogens is 2. The number of ether oxygens (including phenoxy) is 1. The van der Waals surface area contributed by atoms with E-state index in [1.165, 1.54) is 7.11 Å². The monoisotopic (exact) mass is 245 g/mol. The average molecular weight is 245 g/mol. The number of hydrogen-bond donors (Lipinski definition) is 1. The molecule has 18 heavy (non-hydrogen) atoms. The van der Waals surface area contributed by atoms with E-state index in [1.54, 1.807) is 10.9 Å². The molecule has 5 heteroatoms. The Labute approximate surface area is 105 Å². The fourth-order valence-electron chi connectivity index (χ4n) is 1.63. The molecule has 1 atom stereocenters. The number of benzene rings is 1. The molecule has 1 heterocycles. The van der Waals surface area contributed by atoms with Crippen LogP contribution in [0.3, 0.4) is 0 Å². The molecule has 1 aromatic carbocycles. The third-order valence-corrected chi connectivity index (χ3v) is 2.67. The second-order valence-corrected chi connectivity index (χ2v) is 3.94. The van der Waals surface area contributed by atoms with Gasteiger partial charge in [-0.05, 0) is 12.1 Å². The van der Waals surface area contributed by atoms with Crippen molar-refractivity contribution in [3.63, 3.8) is 0 Å². The number of nitrogens with two attached hydrogens (primary N) is 1. The van der Waals surface area contributed by atoms with Crippen LogP contribution in [0.25, 0.3) is 5.69 Å². The lowest BCUT2D eigenvalue weighted by molar-refractivity contribution is -0.141. The quantitative estimate of drug-likeness (QED) is 0.827. The summed E-state index contributed by atoms with van der Waals surface area (Å²) in [5.41, 5.74) is 7.67. The summed E-state index contributed by atoms with van der Waals surface area (Å²) in [6.07, 6.45) is 3.64. The molecule has 5 nitrogen and oxygen atoms in total. The van der Waals surface area contributed by atoms with Crippen LogP contribution in [0.1, 0.15) is 18.0 Å². The maximum atomic E-state index is 11.1. The Hall–Kier alpha value is -2.14. The van der Waals surface area contributed by atoms with Crippen LogP contribution < -0.4 is 5.73 Å². The van der Waals surface area contributed by atoms with E-state index < -0.39 is 6.04 Å². The highest BCUT2D eigenvalue weighted by Gasteiger charge is 2.13. The van der Waals surface area contributed by atoms with Crippen LogP contribution in [0.15, 0.2) is 42.7 Å². The first-order valence-electron chi connectivity index (χ1n) is 5.63. The van der Waals surface area contributed by atoms with E-state index in [-0.39, 0.29) is 12.4 Å². The fraction of sp³-hybridized carbons (Fsp3) is 0.231. The molecule has 2 aromatic rings. The van der Waals surface area contributed by atoms with Gasteiger partial charge in [-0.15, -0.1) is 0 Å². The molecule has 0 aliphatic rings. The van der Waals surface area contributed by atoms with Gasteiger partial charge in [-0.1, -0.05) is 18.2 Å². The number of methoxy groups -OCH3 is 1. The molecule has 2 N–H and O–H groups in total. The van der Waals surface area contributed by atoms with Crippen molar-refractivity contribution in [3.05, 3.63) is 48.3 Å². The van der Waals surface area contributed by atoms with Crippen molar-refractivity contribution in [2.24, 2.45) is 5.73 Å². The fourth-order valence-corrected chi connectivity index (χ4v) is 1.63. The van der Waals surface area contributed by atoms with E-state index in [2.05, 4.69) is 9.84 Å². The zero-order valence-corrected chi connectivity index (χ0v) is 10.1. The van der Waals surface area contributed by atoms with Gasteiger partial charge in [0.2, 0.25) is 0 Å². The molecular weight excluding hydrogens is 230 g/mol. The van der Waals surface area contributed by atoms with Gasteiger partial charge in [-0.25, -0.2) is 4.68 Å². The van der Waals surface area contributed by atoms with Gasteiger partial charge in [-0.3, -0.25) is 4.79 Å². The Bertz CT molecular complexity index is 522. The van der Waals surface area contributed by atoms with Crippen LogP contribution in [-0.2, 0) is 9.53 Å². The van der Waals surface area contributed by atoms with Crippen LogP contribution >= 0.6 is 0 Å². The topological polar surface area (TPSA) is 70.1 Å². The largest absolute Gasteiger partial charge is 0.469 e. The molecule has 1 aromatic heterocycles. The van der Waals surface area contributed by atoms with Gasteiger partial charge in [-0.2, -0.15) is 5.10 Å². The summed E-state index contributed by atoms with van der Waals surface area (Å²) in [5, 5.41) is 4.23. The summed E-state index contributed by atoms with van der Waals surface area (Å²) in [5.74, 6) is -0.324. The normalized spacial score (nSPS) is 12.1. The Morgan fingerprint density at radius 3 is 2.83 bits per heavy atom. The number of para-hydroxylation sites is 1. The van der Waals surface area contributed by atoms with E-state index >= 15 is 0 Å². The van der Waals surface area contributed by atoms with E-state index in [4.69, 9.17) is 5.73 Å². The molecule has 0 bridgehead atoms. The lowest BCUT2D eigenvalue weighted by Gasteiger charge is -2.06. The van der Waals surface area contributed by atoms with Crippen molar-refractivity contribution in [2.45, 2.75) is 12.5 Å². The van der Waals surface area contributed by atoms with Crippen LogP contribution in [-0.4, -0.2) is 22.9 Å². The Morgan fingerprint density at radius 2 is 2.17 bits per heavy atom. The number of hydrogen-bond acceptors (Lipinski definition) is 4. The SMILES string of the molecule is COC(=O)C[C@@H](N)c1cnn(-c2ccccc2)c1. The molecule has 0 amide bonds. The van der Waals surface area contributed by atoms with Crippen LogP contribution in [0, 0.1) is 0 Å². The second-order valence-electron chi connectivity index (χ2n) is 3.94. The summed E-state index contributed by atoms with van der Waals surface area (Å²) < 4.78 is 6.32. The van der Waals surface area contributed by atoms with Crippen molar-refractivity contribution in [2.75, 3.05) is 7.11 Å². The molecule has 0 aliphatic carbocycles. The first-order valence-corrected chi connectivity index (χ1v) is 5.63. The van der Waals surface area contributed by atoms with Crippen LogP contribution in [0.4, 0.5) is 0 Å². The molecule has 2 rings (SSSR count). The van der Waals surface area contributed by atoms with Crippen molar-refractivity contribution in [1.29, 1.82) is 0 Å². The van der Waals surface area contributed by atoms with Gasteiger partial charge in [0.1, 0.15) is 0 Å². The summed E-state index contributed by atoms with van der Waals surface area (Å²) in [7, 11) is 1.35. The number of carbonyl (C=O) groups excluding carboxylic acids is 1. The molecule has 0 radical (unpaired) electrons. The summed E-state index contributed by atoms with van der Waals surface area (Å²) >= 11 is 0. The number of rotatable bonds is 4. The van der Waals surface area contributed by atoms with Crippen LogP contribution in [0.5, 0.6) is 0 Å². The Kier molecular flexibility index (Phi) is 3.74. The number of carbonyl (C=O) groups is 1. The second kappa shape index (κ2) is 5.46. The Balaban J connectivity index is 2.13. The summed E-state index contributed by atoms with van der Waals surface area (Å²) in [6.45, 7) is 0. The van der Waals surface area contributed by atoms with Crippen molar-refractivity contribution < 1.29 is 9.53 Å². The van der Waals surface area contributed by atoms with Crippen molar-refractivity contribution >= 4 is 5.97 Å². The average Bonchev–Trinajstić information content (AvgIpc) is 2.89. The van der Waals surface area contributed by atoms with Gasteiger partial charge in [0.15, 0.2) is 0 Å². The third-order valence-electron chi connectivity index (χ3n) is 2.67. The first-order chi connectivity index (χ1) is 8.70. The molecular formula is C13H15N3O2. The summed E-state index contributed by atoms with van der Waals surface area (Å²) in [6, 6.07) is 9.31. The predicted octanol–water partition coefficient (Wildman–Crippen LogP) is 1.44.